The Morgan fingerprint density at radius 3 is 2.59 bits per heavy atom. The summed E-state index contributed by atoms with van der Waals surface area (Å²) < 4.78 is 8.38. The van der Waals surface area contributed by atoms with Crippen molar-refractivity contribution in [2.75, 3.05) is 6.61 Å². The van der Waals surface area contributed by atoms with Gasteiger partial charge in [-0.1, -0.05) is 6.92 Å². The van der Waals surface area contributed by atoms with E-state index >= 15 is 0 Å². The topological polar surface area (TPSA) is 35.1 Å². The van der Waals surface area contributed by atoms with Gasteiger partial charge < -0.3 is 4.74 Å². The number of rotatable bonds is 4. The van der Waals surface area contributed by atoms with Gasteiger partial charge in [-0.3, -0.25) is 4.79 Å². The molecule has 1 aromatic rings. The summed E-state index contributed by atoms with van der Waals surface area (Å²) in [7, 11) is 5.35. The summed E-state index contributed by atoms with van der Waals surface area (Å²) in [6.07, 6.45) is 0. The number of imidazole rings is 1. The van der Waals surface area contributed by atoms with Gasteiger partial charge in [-0.2, -0.15) is 0 Å². The summed E-state index contributed by atoms with van der Waals surface area (Å²) in [5.74, 6) is -0.608. The maximum absolute atomic E-state index is 11.5. The van der Waals surface area contributed by atoms with Crippen LogP contribution in [0.4, 0.5) is 0 Å². The van der Waals surface area contributed by atoms with Crippen molar-refractivity contribution in [2.45, 2.75) is 19.7 Å². The first-order valence-electron chi connectivity index (χ1n) is 5.31. The van der Waals surface area contributed by atoms with Gasteiger partial charge in [0.25, 0.3) is 17.6 Å². The molecule has 0 saturated carbocycles. The number of carbonyl (C=O) groups is 1. The van der Waals surface area contributed by atoms with Crippen molar-refractivity contribution >= 4 is 42.2 Å². The van der Waals surface area contributed by atoms with Gasteiger partial charge in [0.15, 0.2) is 5.72 Å². The first kappa shape index (κ1) is 14.4. The molecule has 1 aromatic heterocycles. The van der Waals surface area contributed by atoms with Gasteiger partial charge in [-0.25, -0.2) is 9.13 Å². The second kappa shape index (κ2) is 5.78. The van der Waals surface area contributed by atoms with E-state index in [0.717, 1.165) is 5.72 Å². The molecule has 0 fully saturated rings. The molecule has 7 heteroatoms. The van der Waals surface area contributed by atoms with Crippen LogP contribution in [0, 0.1) is 0 Å². The van der Waals surface area contributed by atoms with Crippen molar-refractivity contribution in [3.8, 4) is 0 Å². The normalized spacial score (nSPS) is 12.4. The molecule has 4 nitrogen and oxygen atoms in total. The molecule has 93 valence electrons. The van der Waals surface area contributed by atoms with Crippen LogP contribution in [0.25, 0.3) is 0 Å². The molecular weight excluding hydrogens is 262 g/mol. The minimum atomic E-state index is -0.345. The zero-order chi connectivity index (χ0) is 13.2. The van der Waals surface area contributed by atoms with E-state index in [1.54, 1.807) is 44.4 Å². The second-order valence-electron chi connectivity index (χ2n) is 3.77. The Balaban J connectivity index is 2.89. The maximum atomic E-state index is 11.5. The van der Waals surface area contributed by atoms with Crippen molar-refractivity contribution in [1.29, 1.82) is 0 Å². The smallest absolute Gasteiger partial charge is 0.301 e. The third-order valence-corrected chi connectivity index (χ3v) is 3.47. The molecule has 1 atom stereocenters. The Labute approximate surface area is 112 Å². The zero-order valence-electron chi connectivity index (χ0n) is 10.3. The fourth-order valence-electron chi connectivity index (χ4n) is 1.49. The van der Waals surface area contributed by atoms with E-state index in [1.807, 2.05) is 0 Å². The molecule has 0 aliphatic heterocycles. The molecule has 17 heavy (non-hydrogen) atoms. The quantitative estimate of drug-likeness (QED) is 0.465. The number of carbonyl (C=O) groups excluding carboxylic acids is 1. The molecule has 0 saturated heterocycles. The number of ether oxygens (including phenoxy) is 1. The van der Waals surface area contributed by atoms with Crippen LogP contribution in [0.1, 0.15) is 13.8 Å². The summed E-state index contributed by atoms with van der Waals surface area (Å²) in [6.45, 7) is 3.92. The first-order chi connectivity index (χ1) is 7.90. The monoisotopic (exact) mass is 276 g/mol. The van der Waals surface area contributed by atoms with Crippen LogP contribution in [0.3, 0.4) is 0 Å². The van der Waals surface area contributed by atoms with Gasteiger partial charge in [-0.15, -0.1) is 0 Å². The molecule has 1 rings (SSSR count). The lowest BCUT2D eigenvalue weighted by molar-refractivity contribution is -0.650. The van der Waals surface area contributed by atoms with Crippen LogP contribution in [-0.2, 0) is 23.6 Å². The number of aromatic nitrogens is 2. The molecular formula is C10H15BCl2N2O2+. The van der Waals surface area contributed by atoms with E-state index in [9.17, 15) is 4.79 Å². The molecule has 1 heterocycles. The highest BCUT2D eigenvalue weighted by Crippen LogP contribution is 2.16. The summed E-state index contributed by atoms with van der Waals surface area (Å²) in [4.78, 5) is 11.5. The number of nitrogens with zero attached hydrogens (tertiary/aromatic N) is 2. The Morgan fingerprint density at radius 2 is 2.18 bits per heavy atom. The second-order valence-corrected chi connectivity index (χ2v) is 4.48. The van der Waals surface area contributed by atoms with Crippen molar-refractivity contribution in [3.63, 3.8) is 0 Å². The highest BCUT2D eigenvalue weighted by atomic mass is 35.5. The van der Waals surface area contributed by atoms with Gasteiger partial charge in [0, 0.05) is 5.82 Å². The van der Waals surface area contributed by atoms with E-state index in [-0.39, 0.29) is 11.8 Å². The minimum absolute atomic E-state index is 0.263. The molecule has 0 N–H and O–H groups in total. The lowest BCUT2D eigenvalue weighted by Gasteiger charge is -2.07. The van der Waals surface area contributed by atoms with Crippen LogP contribution < -0.4 is 10.3 Å². The van der Waals surface area contributed by atoms with Gasteiger partial charge in [-0.05, 0) is 30.1 Å². The molecule has 1 unspecified atom stereocenters. The van der Waals surface area contributed by atoms with Gasteiger partial charge in [0.05, 0.1) is 20.7 Å². The minimum Gasteiger partial charge on any atom is -0.466 e. The van der Waals surface area contributed by atoms with Crippen molar-refractivity contribution in [1.82, 2.24) is 4.57 Å². The largest absolute Gasteiger partial charge is 0.466 e. The van der Waals surface area contributed by atoms with E-state index in [1.165, 1.54) is 0 Å². The number of hydrogen-bond acceptors (Lipinski definition) is 2. The van der Waals surface area contributed by atoms with Crippen molar-refractivity contribution in [3.05, 3.63) is 10.3 Å². The Bertz CT molecular complexity index is 409. The third-order valence-electron chi connectivity index (χ3n) is 2.50. The fourth-order valence-corrected chi connectivity index (χ4v) is 1.92. The molecule has 1 radical (unpaired) electrons. The fraction of sp³-hybridized carbons (Fsp3) is 0.600. The van der Waals surface area contributed by atoms with E-state index in [2.05, 4.69) is 0 Å². The molecule has 0 aliphatic rings. The number of esters is 1. The molecule has 0 aliphatic carbocycles. The highest BCUT2D eigenvalue weighted by Gasteiger charge is 2.29. The number of hydrogen-bond donors (Lipinski definition) is 0. The van der Waals surface area contributed by atoms with Gasteiger partial charge in [0.1, 0.15) is 0 Å². The summed E-state index contributed by atoms with van der Waals surface area (Å²) in [6, 6.07) is 0. The molecule has 0 amide bonds. The standard InChI is InChI=1S/C10H15BCl2N2O2/c1-5-17-9(16)6(2)11-10-14(3)7(12)8(13)15(10)4/h6H,5H2,1-4H3/q+1. The van der Waals surface area contributed by atoms with E-state index < -0.39 is 0 Å². The van der Waals surface area contributed by atoms with Gasteiger partial charge >= 0.3 is 5.97 Å². The van der Waals surface area contributed by atoms with Crippen LogP contribution in [0.15, 0.2) is 0 Å². The Morgan fingerprint density at radius 1 is 1.59 bits per heavy atom. The molecule has 0 bridgehead atoms. The summed E-state index contributed by atoms with van der Waals surface area (Å²) in [5.41, 5.74) is 0.764. The predicted molar refractivity (Wildman–Crippen MR) is 68.1 cm³/mol. The maximum Gasteiger partial charge on any atom is 0.301 e. The number of halogens is 2. The van der Waals surface area contributed by atoms with Gasteiger partial charge in [0.2, 0.25) is 0 Å². The van der Waals surface area contributed by atoms with Crippen LogP contribution >= 0.6 is 23.2 Å². The van der Waals surface area contributed by atoms with Crippen LogP contribution in [0.5, 0.6) is 0 Å². The lowest BCUT2D eigenvalue weighted by atomic mass is 9.64. The zero-order valence-corrected chi connectivity index (χ0v) is 11.8. The SMILES string of the molecule is CCOC(=O)C(C)[B]c1n(C)c(Cl)c(Cl)[n+]1C. The average molecular weight is 277 g/mol. The highest BCUT2D eigenvalue weighted by molar-refractivity contribution is 6.56. The third kappa shape index (κ3) is 2.96. The summed E-state index contributed by atoms with van der Waals surface area (Å²) >= 11 is 12.0. The predicted octanol–water partition coefficient (Wildman–Crippen LogP) is 0.857. The van der Waals surface area contributed by atoms with Crippen molar-refractivity contribution < 1.29 is 14.1 Å². The molecule has 0 spiro atoms. The van der Waals surface area contributed by atoms with Crippen LogP contribution in [0.2, 0.25) is 16.1 Å². The Kier molecular flexibility index (Phi) is 4.89. The average Bonchev–Trinajstić information content (AvgIpc) is 2.47. The Hall–Kier alpha value is -0.675. The van der Waals surface area contributed by atoms with Crippen LogP contribution in [-0.4, -0.2) is 24.4 Å². The van der Waals surface area contributed by atoms with E-state index in [4.69, 9.17) is 27.9 Å². The first-order valence-corrected chi connectivity index (χ1v) is 6.06. The summed E-state index contributed by atoms with van der Waals surface area (Å²) in [5, 5.41) is 0.882. The van der Waals surface area contributed by atoms with Crippen molar-refractivity contribution in [2.24, 2.45) is 14.1 Å². The van der Waals surface area contributed by atoms with E-state index in [0.29, 0.717) is 16.9 Å². The molecule has 0 aromatic carbocycles. The lowest BCUT2D eigenvalue weighted by Crippen LogP contribution is -2.52.